The molecule has 2 aromatic heterocycles. The molecule has 0 aliphatic carbocycles. The lowest BCUT2D eigenvalue weighted by Crippen LogP contribution is -2.20. The van der Waals surface area contributed by atoms with Crippen LogP contribution in [0, 0.1) is 0 Å². The van der Waals surface area contributed by atoms with Crippen molar-refractivity contribution in [2.75, 3.05) is 11.9 Å². The van der Waals surface area contributed by atoms with Crippen molar-refractivity contribution in [1.29, 1.82) is 0 Å². The normalized spacial score (nSPS) is 12.5. The number of carbonyl (C=O) groups is 2. The van der Waals surface area contributed by atoms with Gasteiger partial charge in [-0.25, -0.2) is 4.79 Å². The van der Waals surface area contributed by atoms with Crippen molar-refractivity contribution in [1.82, 2.24) is 5.16 Å². The number of fused-ring (bicyclic) bond motifs is 3. The zero-order valence-electron chi connectivity index (χ0n) is 16.3. The minimum Gasteiger partial charge on any atom is -0.488 e. The molecule has 0 saturated carbocycles. The second kappa shape index (κ2) is 7.36. The number of benzene rings is 1. The van der Waals surface area contributed by atoms with Crippen molar-refractivity contribution in [2.24, 2.45) is 0 Å². The molecule has 4 rings (SSSR count). The van der Waals surface area contributed by atoms with Crippen molar-refractivity contribution >= 4 is 29.1 Å². The molecule has 8 heteroatoms. The maximum absolute atomic E-state index is 12.4. The third-order valence-electron chi connectivity index (χ3n) is 4.40. The monoisotopic (exact) mass is 412 g/mol. The third-order valence-corrected chi connectivity index (χ3v) is 5.59. The van der Waals surface area contributed by atoms with E-state index in [1.54, 1.807) is 12.1 Å². The first-order chi connectivity index (χ1) is 13.8. The SMILES string of the molecule is CC(C)(C)c1cc(NC(=O)COC(=O)c2cc3c(s2)-c2ccccc2OC3)on1. The van der Waals surface area contributed by atoms with Crippen molar-refractivity contribution in [2.45, 2.75) is 32.8 Å². The van der Waals surface area contributed by atoms with E-state index in [0.717, 1.165) is 27.4 Å². The summed E-state index contributed by atoms with van der Waals surface area (Å²) in [5, 5.41) is 6.47. The fourth-order valence-corrected chi connectivity index (χ4v) is 3.95. The van der Waals surface area contributed by atoms with E-state index in [0.29, 0.717) is 11.5 Å². The molecule has 0 bridgehead atoms. The number of amides is 1. The summed E-state index contributed by atoms with van der Waals surface area (Å²) in [5.41, 5.74) is 2.41. The van der Waals surface area contributed by atoms with Crippen molar-refractivity contribution in [3.63, 3.8) is 0 Å². The fourth-order valence-electron chi connectivity index (χ4n) is 2.86. The number of rotatable bonds is 4. The van der Waals surface area contributed by atoms with Gasteiger partial charge < -0.3 is 14.0 Å². The van der Waals surface area contributed by atoms with E-state index < -0.39 is 18.5 Å². The van der Waals surface area contributed by atoms with Gasteiger partial charge in [-0.1, -0.05) is 38.1 Å². The molecule has 1 amide bonds. The Kier molecular flexibility index (Phi) is 4.87. The van der Waals surface area contributed by atoms with E-state index >= 15 is 0 Å². The first kappa shape index (κ1) is 19.2. The largest absolute Gasteiger partial charge is 0.488 e. The minimum atomic E-state index is -0.551. The maximum atomic E-state index is 12.4. The van der Waals surface area contributed by atoms with Gasteiger partial charge in [0.05, 0.1) is 5.69 Å². The van der Waals surface area contributed by atoms with Crippen molar-refractivity contribution in [3.8, 4) is 16.2 Å². The number of ether oxygens (including phenoxy) is 2. The molecule has 0 fully saturated rings. The van der Waals surface area contributed by atoms with Gasteiger partial charge >= 0.3 is 5.97 Å². The van der Waals surface area contributed by atoms with Crippen LogP contribution in [-0.2, 0) is 21.6 Å². The zero-order chi connectivity index (χ0) is 20.6. The highest BCUT2D eigenvalue weighted by molar-refractivity contribution is 7.17. The second-order valence-electron chi connectivity index (χ2n) is 7.70. The summed E-state index contributed by atoms with van der Waals surface area (Å²) in [6, 6.07) is 11.1. The van der Waals surface area contributed by atoms with E-state index in [1.807, 2.05) is 45.0 Å². The van der Waals surface area contributed by atoms with Crippen LogP contribution < -0.4 is 10.1 Å². The first-order valence-corrected chi connectivity index (χ1v) is 9.92. The second-order valence-corrected chi connectivity index (χ2v) is 8.75. The Morgan fingerprint density at radius 3 is 2.79 bits per heavy atom. The van der Waals surface area contributed by atoms with E-state index in [-0.39, 0.29) is 11.3 Å². The summed E-state index contributed by atoms with van der Waals surface area (Å²) < 4.78 is 16.0. The molecule has 0 radical (unpaired) electrons. The van der Waals surface area contributed by atoms with Gasteiger partial charge in [0.2, 0.25) is 5.88 Å². The number of thiophene rings is 1. The van der Waals surface area contributed by atoms with E-state index in [4.69, 9.17) is 14.0 Å². The van der Waals surface area contributed by atoms with Gasteiger partial charge in [0.1, 0.15) is 17.2 Å². The Morgan fingerprint density at radius 2 is 2.03 bits per heavy atom. The molecule has 150 valence electrons. The highest BCUT2D eigenvalue weighted by Gasteiger charge is 2.24. The Labute approximate surface area is 171 Å². The fraction of sp³-hybridized carbons (Fsp3) is 0.286. The quantitative estimate of drug-likeness (QED) is 0.639. The summed E-state index contributed by atoms with van der Waals surface area (Å²) in [7, 11) is 0. The predicted octanol–water partition coefficient (Wildman–Crippen LogP) is 4.39. The lowest BCUT2D eigenvalue weighted by molar-refractivity contribution is -0.119. The molecule has 3 aromatic rings. The number of esters is 1. The number of anilines is 1. The lowest BCUT2D eigenvalue weighted by atomic mass is 9.92. The molecular weight excluding hydrogens is 392 g/mol. The Morgan fingerprint density at radius 1 is 1.24 bits per heavy atom. The Bertz CT molecular complexity index is 1080. The highest BCUT2D eigenvalue weighted by atomic mass is 32.1. The number of nitrogens with zero attached hydrogens (tertiary/aromatic N) is 1. The zero-order valence-corrected chi connectivity index (χ0v) is 17.1. The average Bonchev–Trinajstić information content (AvgIpc) is 3.33. The molecule has 1 aliphatic heterocycles. The molecule has 3 heterocycles. The molecule has 1 N–H and O–H groups in total. The molecule has 0 spiro atoms. The number of hydrogen-bond acceptors (Lipinski definition) is 7. The van der Waals surface area contributed by atoms with Crippen molar-refractivity contribution < 1.29 is 23.6 Å². The summed E-state index contributed by atoms with van der Waals surface area (Å²) in [5.74, 6) is -0.0333. The van der Waals surface area contributed by atoms with Crippen LogP contribution >= 0.6 is 11.3 Å². The minimum absolute atomic E-state index is 0.195. The summed E-state index contributed by atoms with van der Waals surface area (Å²) in [6.45, 7) is 5.95. The lowest BCUT2D eigenvalue weighted by Gasteiger charge is -2.16. The standard InChI is InChI=1S/C21H20N2O5S/c1-21(2,3)16-9-18(28-23-16)22-17(24)11-27-20(25)15-8-12-10-26-14-7-5-4-6-13(14)19(12)29-15/h4-9H,10-11H2,1-3H3,(H,22,24). The van der Waals surface area contributed by atoms with Crippen molar-refractivity contribution in [3.05, 3.63) is 52.5 Å². The first-order valence-electron chi connectivity index (χ1n) is 9.10. The number of hydrogen-bond donors (Lipinski definition) is 1. The smallest absolute Gasteiger partial charge is 0.348 e. The highest BCUT2D eigenvalue weighted by Crippen LogP contribution is 2.42. The van der Waals surface area contributed by atoms with Crippen LogP contribution in [0.4, 0.5) is 5.88 Å². The van der Waals surface area contributed by atoms with Gasteiger partial charge in [0, 0.05) is 27.5 Å². The van der Waals surface area contributed by atoms with Crippen LogP contribution in [0.15, 0.2) is 40.9 Å². The van der Waals surface area contributed by atoms with Crippen LogP contribution in [0.2, 0.25) is 0 Å². The number of aromatic nitrogens is 1. The van der Waals surface area contributed by atoms with Gasteiger partial charge in [-0.2, -0.15) is 0 Å². The summed E-state index contributed by atoms with van der Waals surface area (Å²) in [4.78, 5) is 25.9. The van der Waals surface area contributed by atoms with Gasteiger partial charge in [-0.15, -0.1) is 11.3 Å². The maximum Gasteiger partial charge on any atom is 0.348 e. The molecule has 0 saturated heterocycles. The van der Waals surface area contributed by atoms with Crippen LogP contribution in [-0.4, -0.2) is 23.6 Å². The molecular formula is C21H20N2O5S. The predicted molar refractivity (Wildman–Crippen MR) is 108 cm³/mol. The van der Waals surface area contributed by atoms with Gasteiger partial charge in [0.25, 0.3) is 5.91 Å². The number of nitrogens with one attached hydrogen (secondary N) is 1. The Hall–Kier alpha value is -3.13. The average molecular weight is 412 g/mol. The molecule has 1 aromatic carbocycles. The topological polar surface area (TPSA) is 90.7 Å². The Balaban J connectivity index is 1.38. The molecule has 0 unspecified atom stereocenters. The molecule has 7 nitrogen and oxygen atoms in total. The van der Waals surface area contributed by atoms with Gasteiger partial charge in [-0.3, -0.25) is 10.1 Å². The number of para-hydroxylation sites is 1. The molecule has 29 heavy (non-hydrogen) atoms. The van der Waals surface area contributed by atoms with Crippen LogP contribution in [0.5, 0.6) is 5.75 Å². The third kappa shape index (κ3) is 4.02. The van der Waals surface area contributed by atoms with Gasteiger partial charge in [0.15, 0.2) is 6.61 Å². The number of carbonyl (C=O) groups excluding carboxylic acids is 2. The molecule has 1 aliphatic rings. The van der Waals surface area contributed by atoms with Crippen LogP contribution in [0.1, 0.15) is 41.7 Å². The van der Waals surface area contributed by atoms with E-state index in [9.17, 15) is 9.59 Å². The van der Waals surface area contributed by atoms with Crippen LogP contribution in [0.3, 0.4) is 0 Å². The van der Waals surface area contributed by atoms with E-state index in [1.165, 1.54) is 11.3 Å². The van der Waals surface area contributed by atoms with Gasteiger partial charge in [-0.05, 0) is 18.2 Å². The van der Waals surface area contributed by atoms with Crippen LogP contribution in [0.25, 0.3) is 10.4 Å². The summed E-state index contributed by atoms with van der Waals surface area (Å²) >= 11 is 1.33. The summed E-state index contributed by atoms with van der Waals surface area (Å²) in [6.07, 6.45) is 0. The molecule has 0 atom stereocenters. The van der Waals surface area contributed by atoms with E-state index in [2.05, 4.69) is 10.5 Å².